The molecule has 2 atom stereocenters. The third kappa shape index (κ3) is 4.54. The minimum absolute atomic E-state index is 0.0815. The number of nitro groups is 1. The summed E-state index contributed by atoms with van der Waals surface area (Å²) >= 11 is 0. The Kier molecular flexibility index (Phi) is 5.86. The van der Waals surface area contributed by atoms with Gasteiger partial charge in [0.2, 0.25) is 6.10 Å². The Hall–Kier alpha value is -3.46. The van der Waals surface area contributed by atoms with Gasteiger partial charge in [-0.1, -0.05) is 24.3 Å². The van der Waals surface area contributed by atoms with E-state index in [1.807, 2.05) is 0 Å². The molecule has 0 aliphatic rings. The van der Waals surface area contributed by atoms with Crippen molar-refractivity contribution in [3.8, 4) is 5.75 Å². The van der Waals surface area contributed by atoms with Gasteiger partial charge in [-0.2, -0.15) is 0 Å². The van der Waals surface area contributed by atoms with E-state index >= 15 is 0 Å². The van der Waals surface area contributed by atoms with Crippen molar-refractivity contribution in [2.45, 2.75) is 18.6 Å². The number of para-hydroxylation sites is 1. The Labute approximate surface area is 147 Å². The molecular weight excluding hydrogens is 344 g/mol. The smallest absolute Gasteiger partial charge is 0.349 e. The monoisotopic (exact) mass is 360 g/mol. The van der Waals surface area contributed by atoms with E-state index in [0.717, 1.165) is 0 Å². The molecule has 0 spiro atoms. The van der Waals surface area contributed by atoms with Gasteiger partial charge < -0.3 is 20.7 Å². The van der Waals surface area contributed by atoms with Crippen molar-refractivity contribution in [2.75, 3.05) is 0 Å². The van der Waals surface area contributed by atoms with Crippen LogP contribution < -0.4 is 10.5 Å². The van der Waals surface area contributed by atoms with E-state index in [1.54, 1.807) is 12.1 Å². The Morgan fingerprint density at radius 3 is 2.23 bits per heavy atom. The van der Waals surface area contributed by atoms with E-state index in [0.29, 0.717) is 5.56 Å². The summed E-state index contributed by atoms with van der Waals surface area (Å²) in [6.07, 6.45) is -1.47. The van der Waals surface area contributed by atoms with Crippen LogP contribution in [0.4, 0.5) is 5.69 Å². The molecule has 4 N–H and O–H groups in total. The molecule has 9 nitrogen and oxygen atoms in total. The van der Waals surface area contributed by atoms with Crippen molar-refractivity contribution in [2.24, 2.45) is 5.73 Å². The van der Waals surface area contributed by atoms with E-state index in [9.17, 15) is 24.8 Å². The predicted molar refractivity (Wildman–Crippen MR) is 89.9 cm³/mol. The molecule has 0 saturated heterocycles. The minimum atomic E-state index is -1.57. The average Bonchev–Trinajstić information content (AvgIpc) is 2.60. The van der Waals surface area contributed by atoms with Crippen molar-refractivity contribution in [1.29, 1.82) is 0 Å². The Morgan fingerprint density at radius 1 is 1.08 bits per heavy atom. The van der Waals surface area contributed by atoms with Crippen molar-refractivity contribution < 1.29 is 29.5 Å². The molecule has 0 radical (unpaired) electrons. The van der Waals surface area contributed by atoms with Gasteiger partial charge in [0.15, 0.2) is 0 Å². The van der Waals surface area contributed by atoms with Gasteiger partial charge in [0.1, 0.15) is 11.8 Å². The summed E-state index contributed by atoms with van der Waals surface area (Å²) in [6.45, 7) is 0. The van der Waals surface area contributed by atoms with Crippen molar-refractivity contribution in [3.63, 3.8) is 0 Å². The maximum atomic E-state index is 11.5. The van der Waals surface area contributed by atoms with E-state index in [1.165, 1.54) is 36.4 Å². The number of carbonyl (C=O) groups is 2. The topological polar surface area (TPSA) is 153 Å². The van der Waals surface area contributed by atoms with E-state index in [2.05, 4.69) is 0 Å². The zero-order chi connectivity index (χ0) is 19.3. The first-order valence-electron chi connectivity index (χ1n) is 7.49. The molecule has 9 heteroatoms. The number of hydrogen-bond acceptors (Lipinski definition) is 6. The fourth-order valence-corrected chi connectivity index (χ4v) is 2.30. The van der Waals surface area contributed by atoms with Crippen molar-refractivity contribution in [3.05, 3.63) is 69.8 Å². The molecule has 1 unspecified atom stereocenters. The summed E-state index contributed by atoms with van der Waals surface area (Å²) in [5.74, 6) is -2.34. The Morgan fingerprint density at radius 2 is 1.69 bits per heavy atom. The maximum absolute atomic E-state index is 11.5. The second kappa shape index (κ2) is 8.08. The molecule has 2 aromatic rings. The standard InChI is InChI=1S/C17H16N2O7/c18-13(16(20)21)9-10-5-7-11(8-6-10)26-15(17(22)23)12-3-1-2-4-14(12)19(24)25/h1-8,13,15H,9,18H2,(H,20,21)(H,22,23)/t13-,15?/m0/s1. The summed E-state index contributed by atoms with van der Waals surface area (Å²) in [6, 6.07) is 10.4. The lowest BCUT2D eigenvalue weighted by Crippen LogP contribution is -2.32. The van der Waals surface area contributed by atoms with Gasteiger partial charge >= 0.3 is 11.9 Å². The largest absolute Gasteiger partial charge is 0.480 e. The molecule has 136 valence electrons. The first-order chi connectivity index (χ1) is 12.3. The van der Waals surface area contributed by atoms with Crippen LogP contribution in [-0.4, -0.2) is 33.1 Å². The van der Waals surface area contributed by atoms with E-state index in [4.69, 9.17) is 15.6 Å². The number of nitrogens with zero attached hydrogens (tertiary/aromatic N) is 1. The normalized spacial score (nSPS) is 12.8. The second-order valence-corrected chi connectivity index (χ2v) is 5.44. The first kappa shape index (κ1) is 18.9. The number of carboxylic acid groups (broad SMARTS) is 2. The number of rotatable bonds is 8. The van der Waals surface area contributed by atoms with Crippen LogP contribution >= 0.6 is 0 Å². The third-order valence-electron chi connectivity index (χ3n) is 3.59. The van der Waals surface area contributed by atoms with Crippen LogP contribution in [0.5, 0.6) is 5.75 Å². The average molecular weight is 360 g/mol. The Bertz CT molecular complexity index is 820. The lowest BCUT2D eigenvalue weighted by molar-refractivity contribution is -0.386. The second-order valence-electron chi connectivity index (χ2n) is 5.44. The van der Waals surface area contributed by atoms with Gasteiger partial charge in [-0.15, -0.1) is 0 Å². The highest BCUT2D eigenvalue weighted by atomic mass is 16.6. The lowest BCUT2D eigenvalue weighted by atomic mass is 10.1. The summed E-state index contributed by atoms with van der Waals surface area (Å²) in [7, 11) is 0. The van der Waals surface area contributed by atoms with Crippen LogP contribution in [0.15, 0.2) is 48.5 Å². The van der Waals surface area contributed by atoms with Crippen molar-refractivity contribution >= 4 is 17.6 Å². The summed E-state index contributed by atoms with van der Waals surface area (Å²) in [5, 5.41) is 29.3. The number of carboxylic acids is 2. The van der Waals surface area contributed by atoms with Gasteiger partial charge in [-0.3, -0.25) is 14.9 Å². The van der Waals surface area contributed by atoms with Crippen LogP contribution in [-0.2, 0) is 16.0 Å². The van der Waals surface area contributed by atoms with Crippen LogP contribution in [0.2, 0.25) is 0 Å². The Balaban J connectivity index is 2.22. The number of benzene rings is 2. The van der Waals surface area contributed by atoms with Gasteiger partial charge in [0.05, 0.1) is 10.5 Å². The van der Waals surface area contributed by atoms with Crippen molar-refractivity contribution in [1.82, 2.24) is 0 Å². The highest BCUT2D eigenvalue weighted by molar-refractivity contribution is 5.76. The van der Waals surface area contributed by atoms with Gasteiger partial charge in [-0.05, 0) is 30.2 Å². The molecule has 0 bridgehead atoms. The quantitative estimate of drug-likeness (QED) is 0.475. The molecule has 0 amide bonds. The molecule has 2 aromatic carbocycles. The number of aliphatic carboxylic acids is 2. The lowest BCUT2D eigenvalue weighted by Gasteiger charge is -2.16. The minimum Gasteiger partial charge on any atom is -0.480 e. The first-order valence-corrected chi connectivity index (χ1v) is 7.49. The molecule has 0 aromatic heterocycles. The predicted octanol–water partition coefficient (Wildman–Crippen LogP) is 1.75. The zero-order valence-electron chi connectivity index (χ0n) is 13.4. The van der Waals surface area contributed by atoms with Gasteiger partial charge in [0.25, 0.3) is 5.69 Å². The number of nitrogens with two attached hydrogens (primary N) is 1. The fraction of sp³-hybridized carbons (Fsp3) is 0.176. The summed E-state index contributed by atoms with van der Waals surface area (Å²) in [5.41, 5.74) is 5.65. The number of hydrogen-bond donors (Lipinski definition) is 3. The van der Waals surface area contributed by atoms with Crippen LogP contribution in [0, 0.1) is 10.1 Å². The third-order valence-corrected chi connectivity index (χ3v) is 3.59. The SMILES string of the molecule is N[C@@H](Cc1ccc(OC(C(=O)O)c2ccccc2[N+](=O)[O-])cc1)C(=O)O. The van der Waals surface area contributed by atoms with E-state index in [-0.39, 0.29) is 23.4 Å². The highest BCUT2D eigenvalue weighted by Gasteiger charge is 2.29. The molecule has 2 rings (SSSR count). The van der Waals surface area contributed by atoms with Crippen LogP contribution in [0.1, 0.15) is 17.2 Å². The molecule has 26 heavy (non-hydrogen) atoms. The number of nitro benzene ring substituents is 1. The maximum Gasteiger partial charge on any atom is 0.349 e. The van der Waals surface area contributed by atoms with Crippen LogP contribution in [0.25, 0.3) is 0 Å². The molecule has 0 fully saturated rings. The summed E-state index contributed by atoms with van der Waals surface area (Å²) in [4.78, 5) is 32.7. The van der Waals surface area contributed by atoms with E-state index < -0.39 is 29.0 Å². The highest BCUT2D eigenvalue weighted by Crippen LogP contribution is 2.29. The number of ether oxygens (including phenoxy) is 1. The summed E-state index contributed by atoms with van der Waals surface area (Å²) < 4.78 is 5.41. The van der Waals surface area contributed by atoms with Gasteiger partial charge in [0, 0.05) is 6.07 Å². The molecular formula is C17H16N2O7. The fourth-order valence-electron chi connectivity index (χ4n) is 2.30. The molecule has 0 aliphatic heterocycles. The molecule has 0 aliphatic carbocycles. The molecule has 0 saturated carbocycles. The molecule has 0 heterocycles. The zero-order valence-corrected chi connectivity index (χ0v) is 13.4. The van der Waals surface area contributed by atoms with Gasteiger partial charge in [-0.25, -0.2) is 4.79 Å². The van der Waals surface area contributed by atoms with Crippen LogP contribution in [0.3, 0.4) is 0 Å².